The fourth-order valence-corrected chi connectivity index (χ4v) is 3.22. The summed E-state index contributed by atoms with van der Waals surface area (Å²) in [6, 6.07) is 0.336. The van der Waals surface area contributed by atoms with E-state index in [2.05, 4.69) is 0 Å². The number of benzene rings is 1. The Labute approximate surface area is 147 Å². The predicted octanol–water partition coefficient (Wildman–Crippen LogP) is 1.95. The summed E-state index contributed by atoms with van der Waals surface area (Å²) in [4.78, 5) is 38.9. The average molecular weight is 371 g/mol. The Morgan fingerprint density at radius 1 is 1.40 bits per heavy atom. The van der Waals surface area contributed by atoms with E-state index >= 15 is 0 Å². The third-order valence-electron chi connectivity index (χ3n) is 4.06. The molecular formula is C16H16ClFN2O5. The van der Waals surface area contributed by atoms with Crippen LogP contribution in [0.25, 0.3) is 0 Å². The number of hydrogen-bond donors (Lipinski definition) is 1. The molecule has 2 saturated heterocycles. The molecule has 0 aliphatic carbocycles. The van der Waals surface area contributed by atoms with Gasteiger partial charge in [-0.1, -0.05) is 11.6 Å². The van der Waals surface area contributed by atoms with Gasteiger partial charge in [-0.15, -0.1) is 0 Å². The summed E-state index contributed by atoms with van der Waals surface area (Å²) in [6.07, 6.45) is -1.11. The Bertz CT molecular complexity index is 745. The topological polar surface area (TPSA) is 87.2 Å². The number of carbonyl (C=O) groups excluding carboxylic acids is 3. The smallest absolute Gasteiger partial charge is 0.339 e. The molecular weight excluding hydrogens is 355 g/mol. The van der Waals surface area contributed by atoms with Crippen molar-refractivity contribution in [2.24, 2.45) is 0 Å². The van der Waals surface area contributed by atoms with Crippen LogP contribution in [0.1, 0.15) is 30.6 Å². The van der Waals surface area contributed by atoms with Gasteiger partial charge in [-0.25, -0.2) is 18.9 Å². The average Bonchev–Trinajstić information content (AvgIpc) is 2.98. The summed E-state index contributed by atoms with van der Waals surface area (Å²) < 4.78 is 19.4. The number of nitrogens with zero attached hydrogens (tertiary/aromatic N) is 2. The zero-order valence-corrected chi connectivity index (χ0v) is 14.3. The van der Waals surface area contributed by atoms with Gasteiger partial charge in [-0.3, -0.25) is 4.79 Å². The van der Waals surface area contributed by atoms with E-state index in [-0.39, 0.29) is 29.2 Å². The standard InChI is InChI=1S/C16H16ClFN2O5/c1-7(2)25-15(23)9-4-12(11(18)5-10(9)17)20-14(22)13-3-8(21)6-19(13)16(20)24/h4-5,7-8,13,21H,3,6H2,1-2H3/t8-,13-/m1/s1. The fraction of sp³-hybridized carbons (Fsp3) is 0.438. The number of amides is 3. The van der Waals surface area contributed by atoms with Crippen LogP contribution in [0.4, 0.5) is 14.9 Å². The SMILES string of the molecule is CC(C)OC(=O)c1cc(N2C(=O)[C@H]3C[C@@H](O)CN3C2=O)c(F)cc1Cl. The normalized spacial score (nSPS) is 22.8. The number of fused-ring (bicyclic) bond motifs is 1. The first-order valence-corrected chi connectivity index (χ1v) is 8.11. The number of hydrogen-bond acceptors (Lipinski definition) is 5. The molecule has 2 atom stereocenters. The summed E-state index contributed by atoms with van der Waals surface area (Å²) in [5, 5.41) is 9.42. The minimum atomic E-state index is -0.908. The van der Waals surface area contributed by atoms with E-state index in [1.54, 1.807) is 13.8 Å². The molecule has 2 aliphatic heterocycles. The van der Waals surface area contributed by atoms with Gasteiger partial charge in [0, 0.05) is 13.0 Å². The summed E-state index contributed by atoms with van der Waals surface area (Å²) in [5.74, 6) is -2.34. The van der Waals surface area contributed by atoms with Gasteiger partial charge in [-0.05, 0) is 26.0 Å². The number of rotatable bonds is 3. The Balaban J connectivity index is 1.99. The van der Waals surface area contributed by atoms with Gasteiger partial charge in [0.1, 0.15) is 11.9 Å². The van der Waals surface area contributed by atoms with Gasteiger partial charge in [0.15, 0.2) is 0 Å². The van der Waals surface area contributed by atoms with Gasteiger partial charge in [0.25, 0.3) is 5.91 Å². The molecule has 2 heterocycles. The number of halogens is 2. The highest BCUT2D eigenvalue weighted by Crippen LogP contribution is 2.35. The molecule has 0 unspecified atom stereocenters. The minimum absolute atomic E-state index is 0.00317. The fourth-order valence-electron chi connectivity index (χ4n) is 3.00. The lowest BCUT2D eigenvalue weighted by Gasteiger charge is -2.18. The molecule has 7 nitrogen and oxygen atoms in total. The van der Waals surface area contributed by atoms with Gasteiger partial charge in [0.05, 0.1) is 28.5 Å². The lowest BCUT2D eigenvalue weighted by Crippen LogP contribution is -2.35. The minimum Gasteiger partial charge on any atom is -0.459 e. The molecule has 3 amide bonds. The second-order valence-corrected chi connectivity index (χ2v) is 6.66. The second-order valence-electron chi connectivity index (χ2n) is 6.25. The third kappa shape index (κ3) is 2.96. The largest absolute Gasteiger partial charge is 0.459 e. The number of anilines is 1. The highest BCUT2D eigenvalue weighted by molar-refractivity contribution is 6.34. The second kappa shape index (κ2) is 6.27. The van der Waals surface area contributed by atoms with Crippen LogP contribution in [0.15, 0.2) is 12.1 Å². The van der Waals surface area contributed by atoms with E-state index in [0.29, 0.717) is 4.90 Å². The number of imide groups is 1. The Morgan fingerprint density at radius 2 is 2.08 bits per heavy atom. The number of aliphatic hydroxyl groups excluding tert-OH is 1. The zero-order chi connectivity index (χ0) is 18.5. The van der Waals surface area contributed by atoms with Gasteiger partial charge < -0.3 is 14.7 Å². The Hall–Kier alpha value is -2.19. The van der Waals surface area contributed by atoms with Crippen molar-refractivity contribution in [2.45, 2.75) is 38.5 Å². The molecule has 0 aromatic heterocycles. The number of ether oxygens (including phenoxy) is 1. The molecule has 2 aliphatic rings. The molecule has 1 aromatic carbocycles. The summed E-state index contributed by atoms with van der Waals surface area (Å²) in [7, 11) is 0. The highest BCUT2D eigenvalue weighted by Gasteiger charge is 2.51. The molecule has 9 heteroatoms. The van der Waals surface area contributed by atoms with Crippen molar-refractivity contribution in [3.63, 3.8) is 0 Å². The molecule has 25 heavy (non-hydrogen) atoms. The molecule has 0 bridgehead atoms. The summed E-state index contributed by atoms with van der Waals surface area (Å²) >= 11 is 5.90. The molecule has 0 saturated carbocycles. The number of aliphatic hydroxyl groups is 1. The van der Waals surface area contributed by atoms with E-state index in [1.807, 2.05) is 0 Å². The van der Waals surface area contributed by atoms with Crippen molar-refractivity contribution in [3.05, 3.63) is 28.5 Å². The lowest BCUT2D eigenvalue weighted by atomic mass is 10.1. The van der Waals surface area contributed by atoms with Crippen LogP contribution < -0.4 is 4.90 Å². The maximum Gasteiger partial charge on any atom is 0.339 e. The quantitative estimate of drug-likeness (QED) is 0.649. The van der Waals surface area contributed by atoms with Crippen molar-refractivity contribution in [3.8, 4) is 0 Å². The highest BCUT2D eigenvalue weighted by atomic mass is 35.5. The number of carbonyl (C=O) groups is 3. The number of urea groups is 1. The zero-order valence-electron chi connectivity index (χ0n) is 13.5. The first-order chi connectivity index (χ1) is 11.7. The maximum atomic E-state index is 14.4. The van der Waals surface area contributed by atoms with E-state index in [1.165, 1.54) is 4.90 Å². The molecule has 134 valence electrons. The maximum absolute atomic E-state index is 14.4. The van der Waals surface area contributed by atoms with Crippen molar-refractivity contribution >= 4 is 35.2 Å². The van der Waals surface area contributed by atoms with Crippen molar-refractivity contribution in [1.29, 1.82) is 0 Å². The van der Waals surface area contributed by atoms with Crippen LogP contribution in [0.2, 0.25) is 5.02 Å². The van der Waals surface area contributed by atoms with E-state index in [4.69, 9.17) is 16.3 Å². The molecule has 0 radical (unpaired) electrons. The monoisotopic (exact) mass is 370 g/mol. The molecule has 0 spiro atoms. The van der Waals surface area contributed by atoms with Gasteiger partial charge in [-0.2, -0.15) is 0 Å². The first-order valence-electron chi connectivity index (χ1n) is 7.73. The van der Waals surface area contributed by atoms with Crippen LogP contribution in [-0.4, -0.2) is 52.7 Å². The van der Waals surface area contributed by atoms with E-state index in [0.717, 1.165) is 12.1 Å². The number of esters is 1. The van der Waals surface area contributed by atoms with Gasteiger partial charge >= 0.3 is 12.0 Å². The van der Waals surface area contributed by atoms with Gasteiger partial charge in [0.2, 0.25) is 0 Å². The van der Waals surface area contributed by atoms with E-state index < -0.39 is 42.0 Å². The van der Waals surface area contributed by atoms with Crippen LogP contribution in [0, 0.1) is 5.82 Å². The Kier molecular flexibility index (Phi) is 4.42. The molecule has 2 fully saturated rings. The molecule has 1 N–H and O–H groups in total. The van der Waals surface area contributed by atoms with Crippen LogP contribution in [0.3, 0.4) is 0 Å². The lowest BCUT2D eigenvalue weighted by molar-refractivity contribution is -0.119. The van der Waals surface area contributed by atoms with Crippen LogP contribution >= 0.6 is 11.6 Å². The van der Waals surface area contributed by atoms with Crippen molar-refractivity contribution < 1.29 is 28.6 Å². The van der Waals surface area contributed by atoms with Crippen molar-refractivity contribution in [2.75, 3.05) is 11.4 Å². The Morgan fingerprint density at radius 3 is 2.68 bits per heavy atom. The molecule has 1 aromatic rings. The third-order valence-corrected chi connectivity index (χ3v) is 4.37. The molecule has 3 rings (SSSR count). The first kappa shape index (κ1) is 17.6. The predicted molar refractivity (Wildman–Crippen MR) is 86.0 cm³/mol. The summed E-state index contributed by atoms with van der Waals surface area (Å²) in [6.45, 7) is 3.29. The van der Waals surface area contributed by atoms with Crippen molar-refractivity contribution in [1.82, 2.24) is 4.90 Å². The summed E-state index contributed by atoms with van der Waals surface area (Å²) in [5.41, 5.74) is -0.501. The van der Waals surface area contributed by atoms with Crippen LogP contribution in [0.5, 0.6) is 0 Å². The van der Waals surface area contributed by atoms with Crippen LogP contribution in [-0.2, 0) is 9.53 Å². The van der Waals surface area contributed by atoms with E-state index in [9.17, 15) is 23.9 Å².